The number of benzene rings is 2. The van der Waals surface area contributed by atoms with Crippen molar-refractivity contribution in [2.75, 3.05) is 7.11 Å². The topological polar surface area (TPSA) is 96.7 Å². The minimum Gasteiger partial charge on any atom is -0.493 e. The van der Waals surface area contributed by atoms with E-state index >= 15 is 0 Å². The van der Waals surface area contributed by atoms with Gasteiger partial charge in [0.05, 0.1) is 24.3 Å². The molecule has 0 saturated heterocycles. The number of carbonyl (C=O) groups is 3. The van der Waals surface area contributed by atoms with E-state index in [1.807, 2.05) is 13.0 Å². The first-order valence-corrected chi connectivity index (χ1v) is 9.85. The predicted molar refractivity (Wildman–Crippen MR) is 113 cm³/mol. The van der Waals surface area contributed by atoms with Crippen LogP contribution in [0.2, 0.25) is 0 Å². The quantitative estimate of drug-likeness (QED) is 0.293. The molecule has 1 aliphatic heterocycles. The molecule has 0 N–H and O–H groups in total. The van der Waals surface area contributed by atoms with Gasteiger partial charge in [-0.2, -0.15) is 5.26 Å². The average molecular weight is 418 g/mol. The Labute approximate surface area is 180 Å². The van der Waals surface area contributed by atoms with E-state index in [0.717, 1.165) is 4.90 Å². The van der Waals surface area contributed by atoms with Crippen LogP contribution in [0.25, 0.3) is 6.08 Å². The molecule has 7 nitrogen and oxygen atoms in total. The van der Waals surface area contributed by atoms with Crippen molar-refractivity contribution in [1.29, 1.82) is 5.26 Å². The fourth-order valence-electron chi connectivity index (χ4n) is 3.45. The van der Waals surface area contributed by atoms with Crippen molar-refractivity contribution < 1.29 is 23.9 Å². The second-order valence-electron chi connectivity index (χ2n) is 7.15. The largest absolute Gasteiger partial charge is 0.493 e. The van der Waals surface area contributed by atoms with Crippen LogP contribution < -0.4 is 9.47 Å². The number of hydrogen-bond acceptors (Lipinski definition) is 6. The molecule has 2 unspecified atom stereocenters. The van der Waals surface area contributed by atoms with Crippen LogP contribution in [0.5, 0.6) is 11.5 Å². The Bertz CT molecular complexity index is 1060. The van der Waals surface area contributed by atoms with Crippen LogP contribution in [0.4, 0.5) is 0 Å². The molecule has 1 aliphatic rings. The van der Waals surface area contributed by atoms with Gasteiger partial charge >= 0.3 is 5.97 Å². The van der Waals surface area contributed by atoms with Crippen molar-refractivity contribution in [3.63, 3.8) is 0 Å². The Balaban J connectivity index is 1.92. The molecule has 1 heterocycles. The molecule has 158 valence electrons. The van der Waals surface area contributed by atoms with Crippen LogP contribution in [-0.4, -0.2) is 35.8 Å². The van der Waals surface area contributed by atoms with E-state index in [9.17, 15) is 14.4 Å². The summed E-state index contributed by atoms with van der Waals surface area (Å²) in [4.78, 5) is 40.0. The highest BCUT2D eigenvalue weighted by Gasteiger charge is 2.45. The fourth-order valence-corrected chi connectivity index (χ4v) is 3.45. The number of ether oxygens (including phenoxy) is 2. The molecule has 0 aliphatic carbocycles. The Morgan fingerprint density at radius 2 is 1.77 bits per heavy atom. The molecule has 7 heteroatoms. The summed E-state index contributed by atoms with van der Waals surface area (Å²) in [6, 6.07) is 12.2. The number of rotatable bonds is 7. The summed E-state index contributed by atoms with van der Waals surface area (Å²) in [5.41, 5.74) is 1.25. The van der Waals surface area contributed by atoms with E-state index in [2.05, 4.69) is 0 Å². The first-order valence-electron chi connectivity index (χ1n) is 9.85. The lowest BCUT2D eigenvalue weighted by Crippen LogP contribution is -2.50. The van der Waals surface area contributed by atoms with Gasteiger partial charge in [0.25, 0.3) is 11.8 Å². The highest BCUT2D eigenvalue weighted by molar-refractivity contribution is 6.22. The summed E-state index contributed by atoms with van der Waals surface area (Å²) >= 11 is 0. The zero-order chi connectivity index (χ0) is 22.5. The molecule has 0 saturated carbocycles. The van der Waals surface area contributed by atoms with Gasteiger partial charge in [0.15, 0.2) is 11.5 Å². The molecule has 2 aromatic carbocycles. The molecule has 2 atom stereocenters. The first kappa shape index (κ1) is 21.8. The van der Waals surface area contributed by atoms with Gasteiger partial charge in [-0.3, -0.25) is 14.5 Å². The summed E-state index contributed by atoms with van der Waals surface area (Å²) in [5.74, 6) is -1.61. The van der Waals surface area contributed by atoms with Crippen molar-refractivity contribution in [2.45, 2.75) is 26.3 Å². The number of amides is 2. The minimum atomic E-state index is -1.08. The van der Waals surface area contributed by atoms with Crippen LogP contribution in [0.3, 0.4) is 0 Å². The summed E-state index contributed by atoms with van der Waals surface area (Å²) in [7, 11) is 1.43. The molecule has 2 amide bonds. The zero-order valence-corrected chi connectivity index (χ0v) is 17.5. The number of nitriles is 1. The molecule has 0 spiro atoms. The van der Waals surface area contributed by atoms with E-state index in [4.69, 9.17) is 14.7 Å². The van der Waals surface area contributed by atoms with E-state index in [1.54, 1.807) is 55.5 Å². The number of nitrogens with zero attached hydrogens (tertiary/aromatic N) is 2. The maximum Gasteiger partial charge on any atom is 0.335 e. The van der Waals surface area contributed by atoms with E-state index in [1.165, 1.54) is 13.2 Å². The third kappa shape index (κ3) is 4.19. The SMILES string of the molecule is CCC(C)C(C(=O)Oc1ccc(/C=C\C#N)cc1OC)N1C(=O)c2ccccc2C1=O. The summed E-state index contributed by atoms with van der Waals surface area (Å²) < 4.78 is 10.9. The van der Waals surface area contributed by atoms with Gasteiger partial charge in [0, 0.05) is 6.08 Å². The summed E-state index contributed by atoms with van der Waals surface area (Å²) in [6.07, 6.45) is 3.47. The number of fused-ring (bicyclic) bond motifs is 1. The standard InChI is InChI=1S/C24H22N2O5/c1-4-15(2)21(26-22(27)17-9-5-6-10-18(17)23(26)28)24(29)31-19-12-11-16(8-7-13-25)14-20(19)30-3/h5-12,14-15,21H,4H2,1-3H3/b8-7-. The van der Waals surface area contributed by atoms with Gasteiger partial charge < -0.3 is 9.47 Å². The van der Waals surface area contributed by atoms with Crippen LogP contribution >= 0.6 is 0 Å². The highest BCUT2D eigenvalue weighted by atomic mass is 16.6. The molecular formula is C24H22N2O5. The van der Waals surface area contributed by atoms with Gasteiger partial charge in [-0.15, -0.1) is 0 Å². The number of carbonyl (C=O) groups excluding carboxylic acids is 3. The molecule has 0 aromatic heterocycles. The number of allylic oxidation sites excluding steroid dienone is 1. The van der Waals surface area contributed by atoms with Crippen LogP contribution in [-0.2, 0) is 4.79 Å². The van der Waals surface area contributed by atoms with E-state index < -0.39 is 23.8 Å². The second-order valence-corrected chi connectivity index (χ2v) is 7.15. The Hall–Kier alpha value is -3.92. The third-order valence-electron chi connectivity index (χ3n) is 5.28. The number of esters is 1. The highest BCUT2D eigenvalue weighted by Crippen LogP contribution is 2.32. The Kier molecular flexibility index (Phi) is 6.51. The molecule has 0 radical (unpaired) electrons. The molecule has 2 aromatic rings. The van der Waals surface area contributed by atoms with Crippen molar-refractivity contribution in [3.8, 4) is 17.6 Å². The zero-order valence-electron chi connectivity index (χ0n) is 17.5. The number of methoxy groups -OCH3 is 1. The van der Waals surface area contributed by atoms with Crippen LogP contribution in [0.1, 0.15) is 46.5 Å². The fraction of sp³-hybridized carbons (Fsp3) is 0.250. The minimum absolute atomic E-state index is 0.159. The van der Waals surface area contributed by atoms with Crippen LogP contribution in [0.15, 0.2) is 48.5 Å². The summed E-state index contributed by atoms with van der Waals surface area (Å²) in [6.45, 7) is 3.67. The van der Waals surface area contributed by atoms with Crippen molar-refractivity contribution >= 4 is 23.9 Å². The maximum atomic E-state index is 13.2. The molecule has 31 heavy (non-hydrogen) atoms. The predicted octanol–water partition coefficient (Wildman–Crippen LogP) is 3.85. The molecular weight excluding hydrogens is 396 g/mol. The monoisotopic (exact) mass is 418 g/mol. The molecule has 3 rings (SSSR count). The lowest BCUT2D eigenvalue weighted by molar-refractivity contribution is -0.140. The van der Waals surface area contributed by atoms with Gasteiger partial charge in [-0.25, -0.2) is 4.79 Å². The normalized spacial score (nSPS) is 14.8. The molecule has 0 bridgehead atoms. The van der Waals surface area contributed by atoms with E-state index in [-0.39, 0.29) is 22.8 Å². The van der Waals surface area contributed by atoms with Gasteiger partial charge in [0.1, 0.15) is 6.04 Å². The Morgan fingerprint density at radius 3 is 2.32 bits per heavy atom. The lowest BCUT2D eigenvalue weighted by Gasteiger charge is -2.29. The average Bonchev–Trinajstić information content (AvgIpc) is 3.03. The summed E-state index contributed by atoms with van der Waals surface area (Å²) in [5, 5.41) is 8.68. The Morgan fingerprint density at radius 1 is 1.13 bits per heavy atom. The van der Waals surface area contributed by atoms with Gasteiger partial charge in [-0.1, -0.05) is 38.5 Å². The van der Waals surface area contributed by atoms with Crippen molar-refractivity contribution in [1.82, 2.24) is 4.90 Å². The number of imide groups is 1. The van der Waals surface area contributed by atoms with Crippen LogP contribution in [0, 0.1) is 17.2 Å². The number of hydrogen-bond donors (Lipinski definition) is 0. The van der Waals surface area contributed by atoms with Gasteiger partial charge in [0.2, 0.25) is 0 Å². The van der Waals surface area contributed by atoms with Gasteiger partial charge in [-0.05, 0) is 41.8 Å². The lowest BCUT2D eigenvalue weighted by atomic mass is 9.97. The third-order valence-corrected chi connectivity index (χ3v) is 5.28. The molecule has 0 fully saturated rings. The van der Waals surface area contributed by atoms with E-state index in [0.29, 0.717) is 17.7 Å². The van der Waals surface area contributed by atoms with Crippen molar-refractivity contribution in [2.24, 2.45) is 5.92 Å². The smallest absolute Gasteiger partial charge is 0.335 e. The maximum absolute atomic E-state index is 13.2. The van der Waals surface area contributed by atoms with Crippen molar-refractivity contribution in [3.05, 3.63) is 65.2 Å². The first-order chi connectivity index (χ1) is 14.9. The second kappa shape index (κ2) is 9.26.